The third-order valence-electron chi connectivity index (χ3n) is 5.24. The molecule has 1 aliphatic rings. The van der Waals surface area contributed by atoms with E-state index in [4.69, 9.17) is 0 Å². The van der Waals surface area contributed by atoms with Gasteiger partial charge >= 0.3 is 6.18 Å². The second kappa shape index (κ2) is 8.26. The van der Waals surface area contributed by atoms with Crippen LogP contribution in [0.1, 0.15) is 49.0 Å². The topological polar surface area (TPSA) is 58.2 Å². The van der Waals surface area contributed by atoms with Crippen LogP contribution in [0.5, 0.6) is 0 Å². The smallest absolute Gasteiger partial charge is 0.341 e. The average Bonchev–Trinajstić information content (AvgIpc) is 3.05. The van der Waals surface area contributed by atoms with Crippen molar-refractivity contribution in [2.24, 2.45) is 0 Å². The minimum atomic E-state index is -4.84. The SMILES string of the molecule is Cc1ccc(F)cc1C1NC(=O)c2cc(Br)cc(NC(=O)c3cc(F)cc(C(F)(F)F)c3)c21. The third kappa shape index (κ3) is 4.47. The molecule has 1 atom stereocenters. The maximum absolute atomic E-state index is 13.9. The van der Waals surface area contributed by atoms with Crippen molar-refractivity contribution in [1.29, 1.82) is 0 Å². The van der Waals surface area contributed by atoms with Crippen LogP contribution in [0.2, 0.25) is 0 Å². The number of benzene rings is 3. The highest BCUT2D eigenvalue weighted by atomic mass is 79.9. The van der Waals surface area contributed by atoms with Crippen LogP contribution in [-0.4, -0.2) is 11.8 Å². The zero-order valence-corrected chi connectivity index (χ0v) is 18.4. The summed E-state index contributed by atoms with van der Waals surface area (Å²) in [4.78, 5) is 25.4. The highest BCUT2D eigenvalue weighted by Gasteiger charge is 2.35. The van der Waals surface area contributed by atoms with Gasteiger partial charge in [0.25, 0.3) is 11.8 Å². The zero-order valence-electron chi connectivity index (χ0n) is 16.8. The molecular weight excluding hydrogens is 511 g/mol. The van der Waals surface area contributed by atoms with E-state index in [0.717, 1.165) is 0 Å². The zero-order chi connectivity index (χ0) is 24.1. The minimum Gasteiger partial charge on any atom is -0.341 e. The molecule has 0 fully saturated rings. The van der Waals surface area contributed by atoms with Gasteiger partial charge in [0.2, 0.25) is 0 Å². The first-order chi connectivity index (χ1) is 15.4. The molecule has 3 aromatic rings. The van der Waals surface area contributed by atoms with Gasteiger partial charge in [0.15, 0.2) is 0 Å². The fraction of sp³-hybridized carbons (Fsp3) is 0.130. The molecular formula is C23H14BrF5N2O2. The van der Waals surface area contributed by atoms with Crippen molar-refractivity contribution in [3.63, 3.8) is 0 Å². The number of aryl methyl sites for hydroxylation is 1. The number of alkyl halides is 3. The Kier molecular flexibility index (Phi) is 5.73. The number of hydrogen-bond acceptors (Lipinski definition) is 2. The maximum Gasteiger partial charge on any atom is 0.416 e. The molecule has 3 aromatic carbocycles. The van der Waals surface area contributed by atoms with Gasteiger partial charge in [-0.3, -0.25) is 9.59 Å². The monoisotopic (exact) mass is 524 g/mol. The summed E-state index contributed by atoms with van der Waals surface area (Å²) in [6.07, 6.45) is -4.84. The van der Waals surface area contributed by atoms with Crippen LogP contribution in [0.3, 0.4) is 0 Å². The molecule has 0 saturated heterocycles. The quantitative estimate of drug-likeness (QED) is 0.404. The van der Waals surface area contributed by atoms with E-state index in [1.54, 1.807) is 6.92 Å². The molecule has 1 aliphatic heterocycles. The summed E-state index contributed by atoms with van der Waals surface area (Å²) < 4.78 is 67.2. The van der Waals surface area contributed by atoms with Gasteiger partial charge in [0.05, 0.1) is 11.6 Å². The molecule has 0 spiro atoms. The number of carbonyl (C=O) groups excluding carboxylic acids is 2. The number of rotatable bonds is 3. The standard InChI is InChI=1S/C23H14BrF5N2O2/c1-10-2-3-14(25)9-16(10)20-19-17(22(33)31-20)7-13(24)8-18(19)30-21(32)11-4-12(23(27,28)29)6-15(26)5-11/h2-9,20H,1H3,(H,30,32)(H,31,33). The molecule has 1 unspecified atom stereocenters. The average molecular weight is 525 g/mol. The van der Waals surface area contributed by atoms with E-state index in [9.17, 15) is 31.5 Å². The summed E-state index contributed by atoms with van der Waals surface area (Å²) >= 11 is 3.24. The Labute approximate surface area is 192 Å². The Morgan fingerprint density at radius 1 is 1.03 bits per heavy atom. The lowest BCUT2D eigenvalue weighted by atomic mass is 9.93. The molecule has 33 heavy (non-hydrogen) atoms. The van der Waals surface area contributed by atoms with Crippen molar-refractivity contribution in [2.45, 2.75) is 19.1 Å². The van der Waals surface area contributed by atoms with Crippen molar-refractivity contribution in [3.8, 4) is 0 Å². The van der Waals surface area contributed by atoms with Gasteiger partial charge < -0.3 is 10.6 Å². The van der Waals surface area contributed by atoms with Gasteiger partial charge in [0.1, 0.15) is 11.6 Å². The second-order valence-corrected chi connectivity index (χ2v) is 8.42. The van der Waals surface area contributed by atoms with Crippen molar-refractivity contribution < 1.29 is 31.5 Å². The summed E-state index contributed by atoms with van der Waals surface area (Å²) in [5, 5.41) is 5.21. The van der Waals surface area contributed by atoms with Crippen LogP contribution in [0.4, 0.5) is 27.6 Å². The molecule has 1 heterocycles. The molecule has 2 amide bonds. The molecule has 4 nitrogen and oxygen atoms in total. The largest absolute Gasteiger partial charge is 0.416 e. The van der Waals surface area contributed by atoms with E-state index in [-0.39, 0.29) is 11.3 Å². The van der Waals surface area contributed by atoms with Gasteiger partial charge in [-0.2, -0.15) is 13.2 Å². The van der Waals surface area contributed by atoms with E-state index < -0.39 is 46.8 Å². The fourth-order valence-electron chi connectivity index (χ4n) is 3.74. The number of nitrogens with one attached hydrogen (secondary N) is 2. The van der Waals surface area contributed by atoms with Crippen LogP contribution in [0.25, 0.3) is 0 Å². The van der Waals surface area contributed by atoms with Crippen molar-refractivity contribution in [2.75, 3.05) is 5.32 Å². The van der Waals surface area contributed by atoms with Gasteiger partial charge in [-0.1, -0.05) is 22.0 Å². The van der Waals surface area contributed by atoms with Crippen LogP contribution in [0, 0.1) is 18.6 Å². The molecule has 4 rings (SSSR count). The number of amides is 2. The van der Waals surface area contributed by atoms with Gasteiger partial charge in [-0.25, -0.2) is 8.78 Å². The second-order valence-electron chi connectivity index (χ2n) is 7.50. The Bertz CT molecular complexity index is 1310. The van der Waals surface area contributed by atoms with E-state index in [2.05, 4.69) is 26.6 Å². The van der Waals surface area contributed by atoms with Crippen LogP contribution in [0.15, 0.2) is 53.0 Å². The fourth-order valence-corrected chi connectivity index (χ4v) is 4.19. The number of anilines is 1. The number of carbonyl (C=O) groups is 2. The predicted molar refractivity (Wildman–Crippen MR) is 114 cm³/mol. The van der Waals surface area contributed by atoms with Gasteiger partial charge in [-0.05, 0) is 60.5 Å². The number of halogens is 6. The van der Waals surface area contributed by atoms with Crippen molar-refractivity contribution >= 4 is 33.4 Å². The molecule has 0 saturated carbocycles. The van der Waals surface area contributed by atoms with Crippen molar-refractivity contribution in [3.05, 3.63) is 98.0 Å². The molecule has 0 aliphatic carbocycles. The molecule has 0 bridgehead atoms. The van der Waals surface area contributed by atoms with E-state index in [1.807, 2.05) is 0 Å². The Hall–Kier alpha value is -3.27. The predicted octanol–water partition coefficient (Wildman–Crippen LogP) is 6.14. The Morgan fingerprint density at radius 3 is 2.45 bits per heavy atom. The lowest BCUT2D eigenvalue weighted by molar-refractivity contribution is -0.137. The molecule has 0 radical (unpaired) electrons. The van der Waals surface area contributed by atoms with E-state index in [0.29, 0.717) is 39.4 Å². The molecule has 2 N–H and O–H groups in total. The minimum absolute atomic E-state index is 0.106. The molecule has 170 valence electrons. The Morgan fingerprint density at radius 2 is 1.76 bits per heavy atom. The molecule has 0 aromatic heterocycles. The summed E-state index contributed by atoms with van der Waals surface area (Å²) in [7, 11) is 0. The van der Waals surface area contributed by atoms with Gasteiger partial charge in [0, 0.05) is 26.9 Å². The van der Waals surface area contributed by atoms with Crippen LogP contribution < -0.4 is 10.6 Å². The van der Waals surface area contributed by atoms with Gasteiger partial charge in [-0.15, -0.1) is 0 Å². The molecule has 10 heteroatoms. The highest BCUT2D eigenvalue weighted by Crippen LogP contribution is 2.40. The number of fused-ring (bicyclic) bond motifs is 1. The Balaban J connectivity index is 1.79. The third-order valence-corrected chi connectivity index (χ3v) is 5.70. The summed E-state index contributed by atoms with van der Waals surface area (Å²) in [5.41, 5.74) is -0.112. The van der Waals surface area contributed by atoms with Crippen LogP contribution in [-0.2, 0) is 6.18 Å². The lowest BCUT2D eigenvalue weighted by Crippen LogP contribution is -2.21. The lowest BCUT2D eigenvalue weighted by Gasteiger charge is -2.19. The summed E-state index contributed by atoms with van der Waals surface area (Å²) in [5.74, 6) is -3.23. The maximum atomic E-state index is 13.9. The first-order valence-corrected chi connectivity index (χ1v) is 10.3. The summed E-state index contributed by atoms with van der Waals surface area (Å²) in [6, 6.07) is 7.73. The normalized spacial score (nSPS) is 15.2. The first kappa shape index (κ1) is 22.9. The van der Waals surface area contributed by atoms with Crippen molar-refractivity contribution in [1.82, 2.24) is 5.32 Å². The number of hydrogen-bond donors (Lipinski definition) is 2. The summed E-state index contributed by atoms with van der Waals surface area (Å²) in [6.45, 7) is 1.72. The first-order valence-electron chi connectivity index (χ1n) is 9.53. The van der Waals surface area contributed by atoms with E-state index in [1.165, 1.54) is 30.3 Å². The highest BCUT2D eigenvalue weighted by molar-refractivity contribution is 9.10. The van der Waals surface area contributed by atoms with Crippen LogP contribution >= 0.6 is 15.9 Å². The van der Waals surface area contributed by atoms with E-state index >= 15 is 0 Å².